The van der Waals surface area contributed by atoms with Crippen molar-refractivity contribution < 1.29 is 12.8 Å². The number of benzene rings is 1. The lowest BCUT2D eigenvalue weighted by atomic mass is 10.3. The second-order valence-corrected chi connectivity index (χ2v) is 7.05. The fraction of sp³-hybridized carbons (Fsp3) is 0.0833. The molecule has 0 saturated heterocycles. The molecule has 0 fully saturated rings. The van der Waals surface area contributed by atoms with Gasteiger partial charge in [0.2, 0.25) is 0 Å². The second kappa shape index (κ2) is 5.78. The van der Waals surface area contributed by atoms with Gasteiger partial charge < -0.3 is 5.73 Å². The molecular formula is C12H10BrClFN3O2S. The Morgan fingerprint density at radius 1 is 1.38 bits per heavy atom. The minimum Gasteiger partial charge on any atom is -0.396 e. The van der Waals surface area contributed by atoms with E-state index in [0.29, 0.717) is 4.60 Å². The van der Waals surface area contributed by atoms with Crippen LogP contribution in [0.25, 0.3) is 0 Å². The lowest BCUT2D eigenvalue weighted by Gasteiger charge is -2.11. The third-order valence-corrected chi connectivity index (χ3v) is 5.28. The molecule has 0 aliphatic rings. The van der Waals surface area contributed by atoms with Gasteiger partial charge in [0.1, 0.15) is 15.3 Å². The molecular weight excluding hydrogens is 385 g/mol. The Labute approximate surface area is 134 Å². The van der Waals surface area contributed by atoms with Crippen LogP contribution < -0.4 is 10.5 Å². The first-order chi connectivity index (χ1) is 9.70. The van der Waals surface area contributed by atoms with Gasteiger partial charge in [0, 0.05) is 0 Å². The summed E-state index contributed by atoms with van der Waals surface area (Å²) in [6, 6.07) is 3.42. The predicted molar refractivity (Wildman–Crippen MR) is 83.3 cm³/mol. The molecule has 0 aliphatic carbocycles. The summed E-state index contributed by atoms with van der Waals surface area (Å²) in [5.41, 5.74) is 6.09. The van der Waals surface area contributed by atoms with Crippen LogP contribution in [0.4, 0.5) is 15.8 Å². The summed E-state index contributed by atoms with van der Waals surface area (Å²) in [6.07, 6.45) is 1.34. The van der Waals surface area contributed by atoms with Crippen molar-refractivity contribution in [3.63, 3.8) is 0 Å². The lowest BCUT2D eigenvalue weighted by Crippen LogP contribution is -2.14. The van der Waals surface area contributed by atoms with Crippen molar-refractivity contribution in [1.82, 2.24) is 4.98 Å². The number of nitrogen functional groups attached to an aromatic ring is 1. The van der Waals surface area contributed by atoms with Gasteiger partial charge in [-0.3, -0.25) is 4.72 Å². The number of pyridine rings is 1. The highest BCUT2D eigenvalue weighted by Crippen LogP contribution is 2.28. The molecule has 3 N–H and O–H groups in total. The number of anilines is 2. The molecule has 0 bridgehead atoms. The fourth-order valence-corrected chi connectivity index (χ4v) is 3.38. The molecule has 1 aromatic heterocycles. The van der Waals surface area contributed by atoms with E-state index in [2.05, 4.69) is 25.6 Å². The van der Waals surface area contributed by atoms with E-state index in [0.717, 1.165) is 17.7 Å². The van der Waals surface area contributed by atoms with Gasteiger partial charge in [-0.1, -0.05) is 11.6 Å². The summed E-state index contributed by atoms with van der Waals surface area (Å²) < 4.78 is 40.7. The fourth-order valence-electron chi connectivity index (χ4n) is 1.57. The van der Waals surface area contributed by atoms with Crippen molar-refractivity contribution in [2.75, 3.05) is 10.5 Å². The molecule has 5 nitrogen and oxygen atoms in total. The van der Waals surface area contributed by atoms with Crippen LogP contribution >= 0.6 is 27.5 Å². The van der Waals surface area contributed by atoms with Crippen molar-refractivity contribution in [3.8, 4) is 0 Å². The molecule has 2 rings (SSSR count). The van der Waals surface area contributed by atoms with E-state index in [9.17, 15) is 12.8 Å². The van der Waals surface area contributed by atoms with Crippen LogP contribution in [-0.4, -0.2) is 13.4 Å². The Balaban J connectivity index is 2.43. The maximum atomic E-state index is 13.2. The Hall–Kier alpha value is -1.38. The second-order valence-electron chi connectivity index (χ2n) is 4.24. The number of hydrogen-bond acceptors (Lipinski definition) is 4. The average Bonchev–Trinajstić information content (AvgIpc) is 2.37. The van der Waals surface area contributed by atoms with Crippen LogP contribution in [0.1, 0.15) is 5.56 Å². The monoisotopic (exact) mass is 393 g/mol. The molecule has 9 heteroatoms. The van der Waals surface area contributed by atoms with E-state index in [1.54, 1.807) is 13.0 Å². The zero-order valence-electron chi connectivity index (χ0n) is 10.7. The van der Waals surface area contributed by atoms with Crippen molar-refractivity contribution in [3.05, 3.63) is 45.4 Å². The van der Waals surface area contributed by atoms with Crippen LogP contribution in [0.3, 0.4) is 0 Å². The van der Waals surface area contributed by atoms with Crippen LogP contribution in [0.2, 0.25) is 5.02 Å². The van der Waals surface area contributed by atoms with Crippen LogP contribution in [0.15, 0.2) is 33.9 Å². The van der Waals surface area contributed by atoms with Crippen molar-refractivity contribution in [2.45, 2.75) is 11.8 Å². The van der Waals surface area contributed by atoms with Gasteiger partial charge in [-0.05, 0) is 46.6 Å². The quantitative estimate of drug-likeness (QED) is 0.618. The summed E-state index contributed by atoms with van der Waals surface area (Å²) in [4.78, 5) is 3.68. The predicted octanol–water partition coefficient (Wildman–Crippen LogP) is 3.33. The standard InChI is InChI=1S/C12H10BrClFN3O2S/c1-6-2-7(5-17-12(6)13)18-21(19,20)11-4-10(16)9(15)3-8(11)14/h2-5,18H,16H2,1H3. The van der Waals surface area contributed by atoms with Gasteiger partial charge in [0.05, 0.1) is 22.6 Å². The number of halogens is 3. The first-order valence-electron chi connectivity index (χ1n) is 5.60. The van der Waals surface area contributed by atoms with Crippen molar-refractivity contribution >= 4 is 48.9 Å². The van der Waals surface area contributed by atoms with Gasteiger partial charge in [0.15, 0.2) is 0 Å². The van der Waals surface area contributed by atoms with Crippen LogP contribution in [0.5, 0.6) is 0 Å². The number of aromatic nitrogens is 1. The number of aryl methyl sites for hydroxylation is 1. The largest absolute Gasteiger partial charge is 0.396 e. The molecule has 0 saturated carbocycles. The SMILES string of the molecule is Cc1cc(NS(=O)(=O)c2cc(N)c(F)cc2Cl)cnc1Br. The molecule has 112 valence electrons. The van der Waals surface area contributed by atoms with Crippen LogP contribution in [-0.2, 0) is 10.0 Å². The third kappa shape index (κ3) is 3.45. The molecule has 1 heterocycles. The molecule has 0 unspecified atom stereocenters. The van der Waals surface area contributed by atoms with Gasteiger partial charge in [-0.2, -0.15) is 0 Å². The Kier molecular flexibility index (Phi) is 4.40. The molecule has 0 aliphatic heterocycles. The van der Waals surface area contributed by atoms with E-state index in [1.165, 1.54) is 6.20 Å². The molecule has 0 radical (unpaired) electrons. The summed E-state index contributed by atoms with van der Waals surface area (Å²) in [7, 11) is -4.00. The molecule has 21 heavy (non-hydrogen) atoms. The average molecular weight is 395 g/mol. The summed E-state index contributed by atoms with van der Waals surface area (Å²) in [5, 5.41) is -0.254. The molecule has 2 aromatic rings. The van der Waals surface area contributed by atoms with E-state index in [1.807, 2.05) is 0 Å². The maximum Gasteiger partial charge on any atom is 0.263 e. The summed E-state index contributed by atoms with van der Waals surface area (Å²) in [6.45, 7) is 1.76. The number of nitrogens with one attached hydrogen (secondary N) is 1. The van der Waals surface area contributed by atoms with E-state index < -0.39 is 15.8 Å². The number of sulfonamides is 1. The Morgan fingerprint density at radius 2 is 2.05 bits per heavy atom. The number of nitrogens with zero attached hydrogens (tertiary/aromatic N) is 1. The third-order valence-electron chi connectivity index (χ3n) is 2.61. The molecule has 1 aromatic carbocycles. The number of rotatable bonds is 3. The van der Waals surface area contributed by atoms with Gasteiger partial charge in [-0.25, -0.2) is 17.8 Å². The minimum absolute atomic E-state index is 0.254. The molecule has 0 amide bonds. The van der Waals surface area contributed by atoms with Crippen molar-refractivity contribution in [2.24, 2.45) is 0 Å². The van der Waals surface area contributed by atoms with Gasteiger partial charge >= 0.3 is 0 Å². The molecule has 0 atom stereocenters. The van der Waals surface area contributed by atoms with Gasteiger partial charge in [-0.15, -0.1) is 0 Å². The van der Waals surface area contributed by atoms with Crippen LogP contribution in [0, 0.1) is 12.7 Å². The van der Waals surface area contributed by atoms with Crippen molar-refractivity contribution in [1.29, 1.82) is 0 Å². The highest BCUT2D eigenvalue weighted by Gasteiger charge is 2.20. The topological polar surface area (TPSA) is 85.1 Å². The Bertz CT molecular complexity index is 814. The smallest absolute Gasteiger partial charge is 0.263 e. The first-order valence-corrected chi connectivity index (χ1v) is 8.25. The maximum absolute atomic E-state index is 13.2. The van der Waals surface area contributed by atoms with Gasteiger partial charge in [0.25, 0.3) is 10.0 Å². The zero-order chi connectivity index (χ0) is 15.8. The van der Waals surface area contributed by atoms with E-state index >= 15 is 0 Å². The summed E-state index contributed by atoms with van der Waals surface area (Å²) >= 11 is 8.99. The van der Waals surface area contributed by atoms with E-state index in [4.69, 9.17) is 17.3 Å². The minimum atomic E-state index is -4.00. The first kappa shape index (κ1) is 16.0. The normalized spacial score (nSPS) is 11.4. The Morgan fingerprint density at radius 3 is 2.67 bits per heavy atom. The highest BCUT2D eigenvalue weighted by molar-refractivity contribution is 9.10. The number of hydrogen-bond donors (Lipinski definition) is 2. The highest BCUT2D eigenvalue weighted by atomic mass is 79.9. The zero-order valence-corrected chi connectivity index (χ0v) is 13.9. The molecule has 0 spiro atoms. The summed E-state index contributed by atoms with van der Waals surface area (Å²) in [5.74, 6) is -0.778. The number of nitrogens with two attached hydrogens (primary N) is 1. The lowest BCUT2D eigenvalue weighted by molar-refractivity contribution is 0.600. The van der Waals surface area contributed by atoms with E-state index in [-0.39, 0.29) is 21.3 Å².